The topological polar surface area (TPSA) is 92.0 Å². The van der Waals surface area contributed by atoms with Crippen LogP contribution in [0, 0.1) is 0 Å². The molecule has 1 saturated heterocycles. The van der Waals surface area contributed by atoms with Gasteiger partial charge in [0.1, 0.15) is 23.1 Å². The van der Waals surface area contributed by atoms with E-state index in [1.165, 1.54) is 10.7 Å². The molecule has 3 aromatic rings. The number of nitrogens with zero attached hydrogens (tertiary/aromatic N) is 4. The zero-order chi connectivity index (χ0) is 20.9. The molecule has 2 aromatic heterocycles. The number of halogens is 1. The first-order valence-corrected chi connectivity index (χ1v) is 9.91. The average molecular weight is 411 g/mol. The van der Waals surface area contributed by atoms with E-state index in [1.54, 1.807) is 18.5 Å². The van der Waals surface area contributed by atoms with Crippen molar-refractivity contribution in [2.75, 3.05) is 29.9 Å². The lowest BCUT2D eigenvalue weighted by Crippen LogP contribution is -2.34. The van der Waals surface area contributed by atoms with Crippen LogP contribution in [0.3, 0.4) is 0 Å². The van der Waals surface area contributed by atoms with Crippen molar-refractivity contribution < 1.29 is 19.0 Å². The van der Waals surface area contributed by atoms with E-state index in [4.69, 9.17) is 4.74 Å². The Labute approximate surface area is 172 Å². The number of fused-ring (bicyclic) bond motifs is 2. The highest BCUT2D eigenvalue weighted by Crippen LogP contribution is 2.42. The van der Waals surface area contributed by atoms with Crippen molar-refractivity contribution in [3.63, 3.8) is 0 Å². The summed E-state index contributed by atoms with van der Waals surface area (Å²) < 4.78 is 21.4. The van der Waals surface area contributed by atoms with E-state index in [9.17, 15) is 14.3 Å². The van der Waals surface area contributed by atoms with Crippen LogP contribution < -0.4 is 15.0 Å². The third kappa shape index (κ3) is 3.15. The number of benzene rings is 1. The molecule has 0 saturated carbocycles. The molecule has 0 bridgehead atoms. The number of nitrogens with one attached hydrogen (secondary N) is 1. The minimum atomic E-state index is -0.908. The summed E-state index contributed by atoms with van der Waals surface area (Å²) in [7, 11) is 0. The van der Waals surface area contributed by atoms with Crippen LogP contribution in [0.4, 0.5) is 15.8 Å². The standard InChI is InChI=1S/C21H22FN5O3/c1-21(12-28)9-13-7-16(17(8-18(13)30-21)26-6-3-14(22)11-26)25-20(29)15-10-24-27-5-2-4-23-19(15)27/h2,4-5,7-8,10,14,28H,3,6,9,11-12H2,1H3,(H,25,29)/t14-,21+/m1/s1. The van der Waals surface area contributed by atoms with Crippen LogP contribution in [0.15, 0.2) is 36.8 Å². The van der Waals surface area contributed by atoms with Gasteiger partial charge in [-0.3, -0.25) is 4.79 Å². The smallest absolute Gasteiger partial charge is 0.261 e. The summed E-state index contributed by atoms with van der Waals surface area (Å²) in [5, 5.41) is 16.8. The Bertz CT molecular complexity index is 1130. The first kappa shape index (κ1) is 18.8. The minimum absolute atomic E-state index is 0.122. The molecule has 2 aliphatic heterocycles. The lowest BCUT2D eigenvalue weighted by atomic mass is 9.99. The highest BCUT2D eigenvalue weighted by molar-refractivity contribution is 6.09. The normalized spacial score (nSPS) is 22.9. The molecule has 4 heterocycles. The molecule has 5 rings (SSSR count). The summed E-state index contributed by atoms with van der Waals surface area (Å²) in [4.78, 5) is 19.2. The molecule has 0 aliphatic carbocycles. The molecular formula is C21H22FN5O3. The van der Waals surface area contributed by atoms with Gasteiger partial charge in [0.2, 0.25) is 0 Å². The number of rotatable bonds is 4. The number of ether oxygens (including phenoxy) is 1. The molecule has 1 aromatic carbocycles. The second kappa shape index (κ2) is 6.94. The number of anilines is 2. The van der Waals surface area contributed by atoms with Gasteiger partial charge in [-0.05, 0) is 25.5 Å². The maximum atomic E-state index is 13.9. The fourth-order valence-electron chi connectivity index (χ4n) is 4.11. The predicted molar refractivity (Wildman–Crippen MR) is 109 cm³/mol. The summed E-state index contributed by atoms with van der Waals surface area (Å²) in [6, 6.07) is 5.42. The summed E-state index contributed by atoms with van der Waals surface area (Å²) in [5.41, 5.74) is 2.27. The first-order chi connectivity index (χ1) is 14.5. The van der Waals surface area contributed by atoms with Crippen molar-refractivity contribution >= 4 is 22.9 Å². The molecule has 0 radical (unpaired) electrons. The average Bonchev–Trinajstić information content (AvgIpc) is 3.43. The van der Waals surface area contributed by atoms with E-state index in [0.717, 1.165) is 5.56 Å². The van der Waals surface area contributed by atoms with Gasteiger partial charge in [0.05, 0.1) is 24.2 Å². The molecule has 156 valence electrons. The molecule has 8 nitrogen and oxygen atoms in total. The maximum Gasteiger partial charge on any atom is 0.261 e. The van der Waals surface area contributed by atoms with E-state index in [-0.39, 0.29) is 19.1 Å². The van der Waals surface area contributed by atoms with Gasteiger partial charge in [0, 0.05) is 43.5 Å². The number of hydrogen-bond acceptors (Lipinski definition) is 6. The molecule has 2 aliphatic rings. The van der Waals surface area contributed by atoms with Crippen LogP contribution in [0.25, 0.3) is 5.65 Å². The molecule has 0 unspecified atom stereocenters. The van der Waals surface area contributed by atoms with Gasteiger partial charge in [-0.15, -0.1) is 0 Å². The van der Waals surface area contributed by atoms with Crippen LogP contribution in [0.5, 0.6) is 5.75 Å². The molecule has 2 atom stereocenters. The van der Waals surface area contributed by atoms with Crippen LogP contribution in [0.1, 0.15) is 29.3 Å². The number of alkyl halides is 1. The van der Waals surface area contributed by atoms with E-state index in [2.05, 4.69) is 15.4 Å². The van der Waals surface area contributed by atoms with Crippen molar-refractivity contribution in [1.29, 1.82) is 0 Å². The van der Waals surface area contributed by atoms with E-state index < -0.39 is 11.8 Å². The van der Waals surface area contributed by atoms with Gasteiger partial charge in [-0.2, -0.15) is 5.10 Å². The molecule has 30 heavy (non-hydrogen) atoms. The number of amides is 1. The quantitative estimate of drug-likeness (QED) is 0.684. The largest absolute Gasteiger partial charge is 0.484 e. The zero-order valence-corrected chi connectivity index (χ0v) is 16.5. The summed E-state index contributed by atoms with van der Waals surface area (Å²) in [6.45, 7) is 2.53. The number of aliphatic hydroxyl groups is 1. The fourth-order valence-corrected chi connectivity index (χ4v) is 4.11. The maximum absolute atomic E-state index is 13.9. The van der Waals surface area contributed by atoms with Crippen molar-refractivity contribution in [2.24, 2.45) is 0 Å². The van der Waals surface area contributed by atoms with Gasteiger partial charge >= 0.3 is 0 Å². The Morgan fingerprint density at radius 2 is 2.33 bits per heavy atom. The number of aliphatic hydroxyl groups excluding tert-OH is 1. The van der Waals surface area contributed by atoms with Crippen LogP contribution in [-0.4, -0.2) is 57.1 Å². The molecule has 1 amide bonds. The Morgan fingerprint density at radius 1 is 1.47 bits per heavy atom. The number of carbonyl (C=O) groups is 1. The Hall–Kier alpha value is -3.20. The van der Waals surface area contributed by atoms with E-state index in [1.807, 2.05) is 24.0 Å². The molecule has 9 heteroatoms. The lowest BCUT2D eigenvalue weighted by Gasteiger charge is -2.23. The van der Waals surface area contributed by atoms with Crippen molar-refractivity contribution in [1.82, 2.24) is 14.6 Å². The second-order valence-electron chi connectivity index (χ2n) is 8.10. The first-order valence-electron chi connectivity index (χ1n) is 9.91. The SMILES string of the molecule is C[C@@]1(CO)Cc2cc(NC(=O)c3cnn4cccnc34)c(N3CC[C@@H](F)C3)cc2O1. The Morgan fingerprint density at radius 3 is 3.10 bits per heavy atom. The predicted octanol–water partition coefficient (Wildman–Crippen LogP) is 2.22. The van der Waals surface area contributed by atoms with E-state index in [0.29, 0.717) is 47.7 Å². The van der Waals surface area contributed by atoms with Crippen molar-refractivity contribution in [3.8, 4) is 5.75 Å². The van der Waals surface area contributed by atoms with Crippen LogP contribution in [0.2, 0.25) is 0 Å². The number of hydrogen-bond donors (Lipinski definition) is 2. The molecule has 1 fully saturated rings. The third-order valence-corrected chi connectivity index (χ3v) is 5.68. The van der Waals surface area contributed by atoms with E-state index >= 15 is 0 Å². The Balaban J connectivity index is 1.52. The van der Waals surface area contributed by atoms with Crippen LogP contribution in [-0.2, 0) is 6.42 Å². The number of carbonyl (C=O) groups excluding carboxylic acids is 1. The lowest BCUT2D eigenvalue weighted by molar-refractivity contribution is 0.0447. The number of aromatic nitrogens is 3. The minimum Gasteiger partial charge on any atom is -0.484 e. The van der Waals surface area contributed by atoms with Gasteiger partial charge in [-0.1, -0.05) is 0 Å². The van der Waals surface area contributed by atoms with Crippen molar-refractivity contribution in [2.45, 2.75) is 31.5 Å². The summed E-state index contributed by atoms with van der Waals surface area (Å²) >= 11 is 0. The fraction of sp³-hybridized carbons (Fsp3) is 0.381. The van der Waals surface area contributed by atoms with Crippen molar-refractivity contribution in [3.05, 3.63) is 47.9 Å². The van der Waals surface area contributed by atoms with Crippen LogP contribution >= 0.6 is 0 Å². The van der Waals surface area contributed by atoms with Gasteiger partial charge < -0.3 is 20.1 Å². The highest BCUT2D eigenvalue weighted by Gasteiger charge is 2.36. The summed E-state index contributed by atoms with van der Waals surface area (Å²) in [6.07, 6.45) is 4.86. The molecule has 0 spiro atoms. The van der Waals surface area contributed by atoms with Gasteiger partial charge in [0.25, 0.3) is 5.91 Å². The second-order valence-corrected chi connectivity index (χ2v) is 8.10. The summed E-state index contributed by atoms with van der Waals surface area (Å²) in [5.74, 6) is 0.309. The third-order valence-electron chi connectivity index (χ3n) is 5.68. The highest BCUT2D eigenvalue weighted by atomic mass is 19.1. The monoisotopic (exact) mass is 411 g/mol. The molecular weight excluding hydrogens is 389 g/mol. The molecule has 2 N–H and O–H groups in total. The van der Waals surface area contributed by atoms with Gasteiger partial charge in [-0.25, -0.2) is 13.9 Å². The van der Waals surface area contributed by atoms with Gasteiger partial charge in [0.15, 0.2) is 5.65 Å². The zero-order valence-electron chi connectivity index (χ0n) is 16.5. The Kier molecular flexibility index (Phi) is 4.35.